The molecule has 4 rings (SSSR count). The van der Waals surface area contributed by atoms with Crippen LogP contribution in [0.2, 0.25) is 0 Å². The van der Waals surface area contributed by atoms with Crippen molar-refractivity contribution in [2.75, 3.05) is 44.1 Å². The largest absolute Gasteiger partial charge is 0.479 e. The number of hydrogen-bond donors (Lipinski definition) is 2. The molecule has 0 spiro atoms. The van der Waals surface area contributed by atoms with Crippen LogP contribution in [0, 0.1) is 12.7 Å². The van der Waals surface area contributed by atoms with E-state index in [-0.39, 0.29) is 23.9 Å². The smallest absolute Gasteiger partial charge is 0.250 e. The normalized spacial score (nSPS) is 17.9. The van der Waals surface area contributed by atoms with Crippen LogP contribution in [0.1, 0.15) is 31.3 Å². The first-order valence-electron chi connectivity index (χ1n) is 11.6. The fourth-order valence-corrected chi connectivity index (χ4v) is 5.29. The first kappa shape index (κ1) is 26.6. The molecule has 1 fully saturated rings. The topological polar surface area (TPSA) is 152 Å². The highest BCUT2D eigenvalue weighted by Gasteiger charge is 2.32. The first-order valence-corrected chi connectivity index (χ1v) is 13.5. The van der Waals surface area contributed by atoms with Crippen molar-refractivity contribution in [2.24, 2.45) is 0 Å². The van der Waals surface area contributed by atoms with Gasteiger partial charge in [0, 0.05) is 44.0 Å². The molecule has 0 aliphatic carbocycles. The molecule has 0 saturated carbocycles. The van der Waals surface area contributed by atoms with Crippen molar-refractivity contribution in [3.8, 4) is 17.3 Å². The van der Waals surface area contributed by atoms with Crippen molar-refractivity contribution < 1.29 is 17.5 Å². The Balaban J connectivity index is 1.70. The Bertz CT molecular complexity index is 1390. The quantitative estimate of drug-likeness (QED) is 0.461. The SMILES string of the molecule is COc1ncc(Nc2ncc([C@H](C)N3CCN(S(C)(=O)=O)C[C@@H]3C)cc2-c2nc(C)nc(N)n2)cc1F. The average molecular weight is 532 g/mol. The van der Waals surface area contributed by atoms with E-state index in [1.165, 1.54) is 29.9 Å². The zero-order valence-electron chi connectivity index (χ0n) is 21.3. The molecule has 2 atom stereocenters. The fraction of sp³-hybridized carbons (Fsp3) is 0.435. The van der Waals surface area contributed by atoms with Gasteiger partial charge in [-0.05, 0) is 32.4 Å². The van der Waals surface area contributed by atoms with Crippen molar-refractivity contribution >= 4 is 27.5 Å². The van der Waals surface area contributed by atoms with Gasteiger partial charge in [0.05, 0.1) is 30.8 Å². The van der Waals surface area contributed by atoms with Crippen LogP contribution in [0.5, 0.6) is 5.88 Å². The van der Waals surface area contributed by atoms with Gasteiger partial charge in [-0.3, -0.25) is 4.90 Å². The van der Waals surface area contributed by atoms with Crippen molar-refractivity contribution in [3.63, 3.8) is 0 Å². The molecule has 0 bridgehead atoms. The predicted molar refractivity (Wildman–Crippen MR) is 137 cm³/mol. The number of aromatic nitrogens is 5. The van der Waals surface area contributed by atoms with Crippen molar-refractivity contribution in [1.29, 1.82) is 0 Å². The van der Waals surface area contributed by atoms with Gasteiger partial charge < -0.3 is 15.8 Å². The molecule has 1 saturated heterocycles. The molecular weight excluding hydrogens is 501 g/mol. The number of aryl methyl sites for hydroxylation is 1. The predicted octanol–water partition coefficient (Wildman–Crippen LogP) is 2.14. The highest BCUT2D eigenvalue weighted by atomic mass is 32.2. The van der Waals surface area contributed by atoms with Crippen molar-refractivity contribution in [3.05, 3.63) is 41.7 Å². The lowest BCUT2D eigenvalue weighted by molar-refractivity contribution is 0.0906. The molecule has 3 aromatic heterocycles. The summed E-state index contributed by atoms with van der Waals surface area (Å²) in [5.74, 6) is 0.452. The third kappa shape index (κ3) is 5.92. The van der Waals surface area contributed by atoms with Gasteiger partial charge in [-0.1, -0.05) is 0 Å². The second-order valence-corrected chi connectivity index (χ2v) is 10.9. The molecule has 0 unspecified atom stereocenters. The maximum Gasteiger partial charge on any atom is 0.250 e. The zero-order valence-corrected chi connectivity index (χ0v) is 22.1. The molecule has 3 N–H and O–H groups in total. The van der Waals surface area contributed by atoms with Crippen LogP contribution in [-0.2, 0) is 10.0 Å². The van der Waals surface area contributed by atoms with E-state index in [0.29, 0.717) is 48.4 Å². The second-order valence-electron chi connectivity index (χ2n) is 8.95. The molecule has 12 nitrogen and oxygen atoms in total. The summed E-state index contributed by atoms with van der Waals surface area (Å²) in [7, 11) is -1.91. The van der Waals surface area contributed by atoms with Crippen LogP contribution in [-0.4, -0.2) is 81.6 Å². The minimum Gasteiger partial charge on any atom is -0.479 e. The number of ether oxygens (including phenoxy) is 1. The van der Waals surface area contributed by atoms with Crippen molar-refractivity contribution in [1.82, 2.24) is 34.1 Å². The lowest BCUT2D eigenvalue weighted by atomic mass is 10.0. The Hall–Kier alpha value is -3.49. The maximum absolute atomic E-state index is 14.3. The number of piperazine rings is 1. The molecule has 37 heavy (non-hydrogen) atoms. The van der Waals surface area contributed by atoms with E-state index in [9.17, 15) is 12.8 Å². The lowest BCUT2D eigenvalue weighted by Crippen LogP contribution is -2.53. The van der Waals surface area contributed by atoms with Gasteiger partial charge in [0.1, 0.15) is 11.6 Å². The summed E-state index contributed by atoms with van der Waals surface area (Å²) < 4.78 is 44.7. The van der Waals surface area contributed by atoms with Gasteiger partial charge in [-0.25, -0.2) is 27.8 Å². The highest BCUT2D eigenvalue weighted by molar-refractivity contribution is 7.88. The Morgan fingerprint density at radius 1 is 1.19 bits per heavy atom. The third-order valence-corrected chi connectivity index (χ3v) is 7.54. The molecule has 4 heterocycles. The summed E-state index contributed by atoms with van der Waals surface area (Å²) in [6.45, 7) is 7.13. The van der Waals surface area contributed by atoms with E-state index in [2.05, 4.69) is 35.1 Å². The standard InChI is InChI=1S/C23H30FN9O3S/c1-13-12-32(37(5,34)35)6-7-33(13)14(2)16-8-18(21-28-15(3)29-23(25)31-21)20(26-10-16)30-17-9-19(24)22(36-4)27-11-17/h8-11,13-14H,6-7,12H2,1-5H3,(H,26,30)(H2,25,28,29,31)/t13-,14-/m0/s1. The Morgan fingerprint density at radius 2 is 1.95 bits per heavy atom. The van der Waals surface area contributed by atoms with Gasteiger partial charge in [-0.2, -0.15) is 14.3 Å². The number of anilines is 3. The minimum absolute atomic E-state index is 0.0110. The molecule has 3 aromatic rings. The number of pyridine rings is 2. The molecule has 0 amide bonds. The highest BCUT2D eigenvalue weighted by Crippen LogP contribution is 2.33. The molecule has 0 aromatic carbocycles. The number of nitrogen functional groups attached to an aromatic ring is 1. The van der Waals surface area contributed by atoms with E-state index in [1.807, 2.05) is 19.9 Å². The lowest BCUT2D eigenvalue weighted by Gasteiger charge is -2.42. The first-order chi connectivity index (χ1) is 17.5. The Morgan fingerprint density at radius 3 is 2.57 bits per heavy atom. The monoisotopic (exact) mass is 531 g/mol. The number of hydrogen-bond acceptors (Lipinski definition) is 11. The minimum atomic E-state index is -3.25. The third-order valence-electron chi connectivity index (χ3n) is 6.27. The summed E-state index contributed by atoms with van der Waals surface area (Å²) in [5.41, 5.74) is 7.67. The van der Waals surface area contributed by atoms with Crippen LogP contribution < -0.4 is 15.8 Å². The van der Waals surface area contributed by atoms with Crippen LogP contribution in [0.15, 0.2) is 24.5 Å². The van der Waals surface area contributed by atoms with Gasteiger partial charge in [-0.15, -0.1) is 0 Å². The molecule has 198 valence electrons. The maximum atomic E-state index is 14.3. The van der Waals surface area contributed by atoms with Gasteiger partial charge in [0.2, 0.25) is 21.9 Å². The molecule has 14 heteroatoms. The average Bonchev–Trinajstić information content (AvgIpc) is 2.83. The van der Waals surface area contributed by atoms with Gasteiger partial charge in [0.15, 0.2) is 11.6 Å². The number of halogens is 1. The fourth-order valence-electron chi connectivity index (χ4n) is 4.39. The van der Waals surface area contributed by atoms with Crippen LogP contribution >= 0.6 is 0 Å². The summed E-state index contributed by atoms with van der Waals surface area (Å²) in [4.78, 5) is 23.6. The van der Waals surface area contributed by atoms with E-state index in [4.69, 9.17) is 10.5 Å². The zero-order chi connectivity index (χ0) is 26.9. The van der Waals surface area contributed by atoms with Gasteiger partial charge in [0.25, 0.3) is 0 Å². The molecule has 1 aliphatic heterocycles. The number of nitrogens with two attached hydrogens (primary N) is 1. The second kappa shape index (κ2) is 10.5. The number of sulfonamides is 1. The summed E-state index contributed by atoms with van der Waals surface area (Å²) in [6, 6.07) is 3.06. The number of methoxy groups -OCH3 is 1. The van der Waals surface area contributed by atoms with Crippen LogP contribution in [0.3, 0.4) is 0 Å². The van der Waals surface area contributed by atoms with E-state index in [0.717, 1.165) is 5.56 Å². The number of nitrogens with zero attached hydrogens (tertiary/aromatic N) is 7. The Labute approximate surface area is 215 Å². The number of rotatable bonds is 7. The van der Waals surface area contributed by atoms with E-state index in [1.54, 1.807) is 13.1 Å². The van der Waals surface area contributed by atoms with E-state index >= 15 is 0 Å². The molecule has 1 aliphatic rings. The van der Waals surface area contributed by atoms with Crippen LogP contribution in [0.25, 0.3) is 11.4 Å². The van der Waals surface area contributed by atoms with Gasteiger partial charge >= 0.3 is 0 Å². The number of nitrogens with one attached hydrogen (secondary N) is 1. The van der Waals surface area contributed by atoms with E-state index < -0.39 is 15.8 Å². The molecule has 0 radical (unpaired) electrons. The van der Waals surface area contributed by atoms with Crippen molar-refractivity contribution in [2.45, 2.75) is 32.9 Å². The summed E-state index contributed by atoms with van der Waals surface area (Å²) in [5, 5.41) is 3.08. The summed E-state index contributed by atoms with van der Waals surface area (Å²) in [6.07, 6.45) is 4.38. The Kier molecular flexibility index (Phi) is 7.52. The molecular formula is C23H30FN9O3S. The van der Waals surface area contributed by atoms with Crippen LogP contribution in [0.4, 0.5) is 21.8 Å². The summed E-state index contributed by atoms with van der Waals surface area (Å²) >= 11 is 0.